The van der Waals surface area contributed by atoms with Crippen LogP contribution < -0.4 is 9.47 Å². The second-order valence-corrected chi connectivity index (χ2v) is 9.96. The highest BCUT2D eigenvalue weighted by Gasteiger charge is 2.25. The Kier molecular flexibility index (Phi) is 6.91. The zero-order valence-corrected chi connectivity index (χ0v) is 21.9. The number of thiophene rings is 1. The third kappa shape index (κ3) is 4.93. The van der Waals surface area contributed by atoms with Gasteiger partial charge in [-0.15, -0.1) is 11.3 Å². The van der Waals surface area contributed by atoms with Crippen LogP contribution in [0.25, 0.3) is 16.2 Å². The minimum absolute atomic E-state index is 0.157. The SMILES string of the molecule is CCOc1cc(/C=C2/N=C(c3ccccc3)OC2=O)ccc1OC(=O)c1sc2cc(Br)ccc2c1Cl. The van der Waals surface area contributed by atoms with Gasteiger partial charge in [0.25, 0.3) is 0 Å². The lowest BCUT2D eigenvalue weighted by Crippen LogP contribution is -2.08. The number of nitrogens with zero attached hydrogens (tertiary/aromatic N) is 1. The van der Waals surface area contributed by atoms with E-state index in [1.165, 1.54) is 11.3 Å². The monoisotopic (exact) mass is 581 g/mol. The number of hydrogen-bond donors (Lipinski definition) is 0. The van der Waals surface area contributed by atoms with Crippen molar-refractivity contribution in [1.29, 1.82) is 0 Å². The molecule has 9 heteroatoms. The number of halogens is 2. The Bertz CT molecular complexity index is 1560. The summed E-state index contributed by atoms with van der Waals surface area (Å²) in [6, 6.07) is 19.8. The molecule has 3 aromatic carbocycles. The van der Waals surface area contributed by atoms with Gasteiger partial charge in [0.05, 0.1) is 11.6 Å². The minimum Gasteiger partial charge on any atom is -0.490 e. The molecule has 0 spiro atoms. The van der Waals surface area contributed by atoms with Crippen LogP contribution >= 0.6 is 38.9 Å². The molecular formula is C27H17BrClNO5S. The van der Waals surface area contributed by atoms with Gasteiger partial charge in [0.1, 0.15) is 4.88 Å². The molecule has 0 fully saturated rings. The Labute approximate surface area is 223 Å². The molecule has 6 nitrogen and oxygen atoms in total. The van der Waals surface area contributed by atoms with Crippen molar-refractivity contribution in [1.82, 2.24) is 0 Å². The molecule has 1 aliphatic rings. The second-order valence-electron chi connectivity index (χ2n) is 7.62. The predicted molar refractivity (Wildman–Crippen MR) is 144 cm³/mol. The Hall–Kier alpha value is -3.46. The first-order valence-electron chi connectivity index (χ1n) is 10.9. The van der Waals surface area contributed by atoms with E-state index in [1.54, 1.807) is 24.3 Å². The van der Waals surface area contributed by atoms with Crippen molar-refractivity contribution >= 4 is 72.9 Å². The zero-order valence-electron chi connectivity index (χ0n) is 18.8. The lowest BCUT2D eigenvalue weighted by molar-refractivity contribution is -0.129. The molecule has 0 aliphatic carbocycles. The highest BCUT2D eigenvalue weighted by molar-refractivity contribution is 9.10. The second kappa shape index (κ2) is 10.3. The van der Waals surface area contributed by atoms with Crippen molar-refractivity contribution in [3.63, 3.8) is 0 Å². The summed E-state index contributed by atoms with van der Waals surface area (Å²) in [6.45, 7) is 2.17. The van der Waals surface area contributed by atoms with E-state index < -0.39 is 11.9 Å². The van der Waals surface area contributed by atoms with Gasteiger partial charge in [-0.3, -0.25) is 0 Å². The van der Waals surface area contributed by atoms with Crippen molar-refractivity contribution in [3.05, 3.63) is 97.9 Å². The van der Waals surface area contributed by atoms with Gasteiger partial charge in [0.2, 0.25) is 5.90 Å². The molecule has 0 N–H and O–H groups in total. The van der Waals surface area contributed by atoms with E-state index in [-0.39, 0.29) is 17.3 Å². The first kappa shape index (κ1) is 24.2. The van der Waals surface area contributed by atoms with E-state index in [4.69, 9.17) is 25.8 Å². The van der Waals surface area contributed by atoms with Crippen LogP contribution in [0.2, 0.25) is 5.02 Å². The van der Waals surface area contributed by atoms with E-state index in [2.05, 4.69) is 20.9 Å². The number of esters is 2. The Morgan fingerprint density at radius 1 is 1.11 bits per heavy atom. The summed E-state index contributed by atoms with van der Waals surface area (Å²) in [5.41, 5.74) is 1.50. The van der Waals surface area contributed by atoms with Crippen molar-refractivity contribution in [3.8, 4) is 11.5 Å². The topological polar surface area (TPSA) is 74.2 Å². The molecule has 0 atom stereocenters. The maximum atomic E-state index is 13.0. The predicted octanol–water partition coefficient (Wildman–Crippen LogP) is 7.28. The quantitative estimate of drug-likeness (QED) is 0.136. The van der Waals surface area contributed by atoms with Crippen molar-refractivity contribution in [2.45, 2.75) is 6.92 Å². The van der Waals surface area contributed by atoms with E-state index in [1.807, 2.05) is 55.5 Å². The summed E-state index contributed by atoms with van der Waals surface area (Å²) >= 11 is 11.1. The molecule has 0 bridgehead atoms. The number of hydrogen-bond acceptors (Lipinski definition) is 7. The van der Waals surface area contributed by atoms with Gasteiger partial charge in [-0.1, -0.05) is 57.9 Å². The molecule has 1 aliphatic heterocycles. The fourth-order valence-electron chi connectivity index (χ4n) is 3.55. The highest BCUT2D eigenvalue weighted by Crippen LogP contribution is 2.38. The van der Waals surface area contributed by atoms with Gasteiger partial charge in [-0.2, -0.15) is 0 Å². The van der Waals surface area contributed by atoms with Gasteiger partial charge in [-0.25, -0.2) is 14.6 Å². The van der Waals surface area contributed by atoms with E-state index >= 15 is 0 Å². The molecule has 0 amide bonds. The van der Waals surface area contributed by atoms with E-state index in [0.29, 0.717) is 33.4 Å². The number of fused-ring (bicyclic) bond motifs is 1. The molecule has 0 saturated heterocycles. The highest BCUT2D eigenvalue weighted by atomic mass is 79.9. The molecule has 5 rings (SSSR count). The number of aliphatic imine (C=N–C) groups is 1. The molecule has 0 radical (unpaired) electrons. The maximum Gasteiger partial charge on any atom is 0.363 e. The van der Waals surface area contributed by atoms with Crippen LogP contribution in [0.5, 0.6) is 11.5 Å². The zero-order chi connectivity index (χ0) is 25.2. The van der Waals surface area contributed by atoms with Gasteiger partial charge in [-0.05, 0) is 55.0 Å². The van der Waals surface area contributed by atoms with E-state index in [9.17, 15) is 9.59 Å². The number of rotatable bonds is 6. The molecule has 1 aromatic heterocycles. The average molecular weight is 583 g/mol. The summed E-state index contributed by atoms with van der Waals surface area (Å²) in [5, 5.41) is 1.13. The third-order valence-electron chi connectivity index (χ3n) is 5.19. The van der Waals surface area contributed by atoms with Crippen LogP contribution in [0, 0.1) is 0 Å². The van der Waals surface area contributed by atoms with Crippen LogP contribution in [0.15, 0.2) is 81.9 Å². The van der Waals surface area contributed by atoms with Crippen molar-refractivity contribution in [2.75, 3.05) is 6.61 Å². The van der Waals surface area contributed by atoms with Crippen LogP contribution in [-0.2, 0) is 9.53 Å². The summed E-state index contributed by atoms with van der Waals surface area (Å²) in [4.78, 5) is 29.9. The smallest absolute Gasteiger partial charge is 0.363 e. The molecule has 2 heterocycles. The Morgan fingerprint density at radius 3 is 2.69 bits per heavy atom. The fraction of sp³-hybridized carbons (Fsp3) is 0.0741. The van der Waals surface area contributed by atoms with E-state index in [0.717, 1.165) is 14.6 Å². The van der Waals surface area contributed by atoms with Crippen LogP contribution in [0.4, 0.5) is 0 Å². The number of benzene rings is 3. The summed E-state index contributed by atoms with van der Waals surface area (Å²) in [6.07, 6.45) is 1.59. The molecule has 36 heavy (non-hydrogen) atoms. The maximum absolute atomic E-state index is 13.0. The Balaban J connectivity index is 1.42. The molecule has 0 unspecified atom stereocenters. The summed E-state index contributed by atoms with van der Waals surface area (Å²) < 4.78 is 18.4. The lowest BCUT2D eigenvalue weighted by Gasteiger charge is -2.11. The van der Waals surface area contributed by atoms with Crippen LogP contribution in [0.3, 0.4) is 0 Å². The first-order valence-corrected chi connectivity index (χ1v) is 12.9. The van der Waals surface area contributed by atoms with Gasteiger partial charge in [0.15, 0.2) is 17.2 Å². The van der Waals surface area contributed by atoms with Gasteiger partial charge < -0.3 is 14.2 Å². The molecule has 4 aromatic rings. The first-order chi connectivity index (χ1) is 17.4. The third-order valence-corrected chi connectivity index (χ3v) is 7.32. The number of cyclic esters (lactones) is 1. The largest absolute Gasteiger partial charge is 0.490 e. The number of carbonyl (C=O) groups is 2. The fourth-order valence-corrected chi connectivity index (χ4v) is 5.49. The van der Waals surface area contributed by atoms with Crippen molar-refractivity contribution < 1.29 is 23.8 Å². The number of carbonyl (C=O) groups excluding carboxylic acids is 2. The standard InChI is InChI=1S/C27H17BrClNO5S/c1-2-33-21-13-15(12-19-26(31)35-25(30-19)16-6-4-3-5-7-16)8-11-20(21)34-27(32)24-23(29)18-10-9-17(28)14-22(18)36-24/h3-14H,2H2,1H3/b19-12+. The normalized spacial score (nSPS) is 14.1. The van der Waals surface area contributed by atoms with Crippen molar-refractivity contribution in [2.24, 2.45) is 4.99 Å². The average Bonchev–Trinajstić information content (AvgIpc) is 3.40. The lowest BCUT2D eigenvalue weighted by atomic mass is 10.1. The van der Waals surface area contributed by atoms with Gasteiger partial charge >= 0.3 is 11.9 Å². The van der Waals surface area contributed by atoms with Crippen LogP contribution in [-0.4, -0.2) is 24.4 Å². The minimum atomic E-state index is -0.583. The number of ether oxygens (including phenoxy) is 3. The summed E-state index contributed by atoms with van der Waals surface area (Å²) in [7, 11) is 0. The molecular weight excluding hydrogens is 566 g/mol. The molecule has 180 valence electrons. The van der Waals surface area contributed by atoms with Crippen LogP contribution in [0.1, 0.15) is 27.7 Å². The Morgan fingerprint density at radius 2 is 1.92 bits per heavy atom. The van der Waals surface area contributed by atoms with Gasteiger partial charge in [0, 0.05) is 20.1 Å². The molecule has 0 saturated carbocycles. The summed E-state index contributed by atoms with van der Waals surface area (Å²) in [5.74, 6) is -0.302.